The van der Waals surface area contributed by atoms with E-state index in [9.17, 15) is 9.59 Å². The minimum Gasteiger partial charge on any atom is -0.355 e. The Hall–Kier alpha value is -1.50. The van der Waals surface area contributed by atoms with E-state index in [1.165, 1.54) is 0 Å². The van der Waals surface area contributed by atoms with Crippen LogP contribution < -0.4 is 10.6 Å². The van der Waals surface area contributed by atoms with Gasteiger partial charge in [0.25, 0.3) is 0 Å². The molecule has 0 rings (SSSR count). The number of amides is 2. The fourth-order valence-electron chi connectivity index (χ4n) is 0.741. The van der Waals surface area contributed by atoms with Gasteiger partial charge in [-0.2, -0.15) is 0 Å². The van der Waals surface area contributed by atoms with E-state index in [2.05, 4.69) is 16.6 Å². The van der Waals surface area contributed by atoms with Gasteiger partial charge in [-0.15, -0.1) is 6.42 Å². The quantitative estimate of drug-likeness (QED) is 0.603. The first-order valence-electron chi connectivity index (χ1n) is 4.55. The Balaban J connectivity index is 3.50. The number of rotatable bonds is 5. The van der Waals surface area contributed by atoms with Gasteiger partial charge in [0.2, 0.25) is 11.8 Å². The van der Waals surface area contributed by atoms with Crippen LogP contribution in [-0.4, -0.2) is 24.9 Å². The van der Waals surface area contributed by atoms with Crippen molar-refractivity contribution in [2.24, 2.45) is 5.92 Å². The summed E-state index contributed by atoms with van der Waals surface area (Å²) in [6.07, 6.45) is 5.22. The van der Waals surface area contributed by atoms with Crippen LogP contribution in [-0.2, 0) is 9.59 Å². The molecule has 0 aliphatic heterocycles. The highest BCUT2D eigenvalue weighted by molar-refractivity contribution is 5.80. The predicted octanol–water partition coefficient (Wildman–Crippen LogP) is -0.102. The molecular formula is C10H16N2O2. The molecular weight excluding hydrogens is 180 g/mol. The van der Waals surface area contributed by atoms with Gasteiger partial charge in [0.05, 0.1) is 6.54 Å². The van der Waals surface area contributed by atoms with Crippen molar-refractivity contribution in [3.8, 4) is 12.3 Å². The van der Waals surface area contributed by atoms with Crippen molar-refractivity contribution in [2.75, 3.05) is 13.1 Å². The summed E-state index contributed by atoms with van der Waals surface area (Å²) >= 11 is 0. The molecule has 78 valence electrons. The molecule has 4 nitrogen and oxygen atoms in total. The van der Waals surface area contributed by atoms with Gasteiger partial charge in [0.1, 0.15) is 0 Å². The van der Waals surface area contributed by atoms with E-state index in [1.807, 2.05) is 0 Å². The van der Waals surface area contributed by atoms with Crippen LogP contribution in [0.25, 0.3) is 0 Å². The molecule has 0 radical (unpaired) electrons. The molecule has 0 atom stereocenters. The van der Waals surface area contributed by atoms with Crippen LogP contribution in [0.1, 0.15) is 20.3 Å². The van der Waals surface area contributed by atoms with E-state index >= 15 is 0 Å². The SMILES string of the molecule is C#CCNC(=O)CCNC(=O)C(C)C. The fraction of sp³-hybridized carbons (Fsp3) is 0.600. The van der Waals surface area contributed by atoms with E-state index in [0.717, 1.165) is 0 Å². The van der Waals surface area contributed by atoms with Crippen LogP contribution in [0, 0.1) is 18.3 Å². The van der Waals surface area contributed by atoms with Crippen LogP contribution in [0.2, 0.25) is 0 Å². The summed E-state index contributed by atoms with van der Waals surface area (Å²) in [6, 6.07) is 0. The lowest BCUT2D eigenvalue weighted by Gasteiger charge is -2.06. The van der Waals surface area contributed by atoms with Crippen LogP contribution in [0.15, 0.2) is 0 Å². The Kier molecular flexibility index (Phi) is 6.21. The van der Waals surface area contributed by atoms with Gasteiger partial charge in [0.15, 0.2) is 0 Å². The van der Waals surface area contributed by atoms with E-state index in [0.29, 0.717) is 6.54 Å². The highest BCUT2D eigenvalue weighted by Gasteiger charge is 2.06. The lowest BCUT2D eigenvalue weighted by Crippen LogP contribution is -2.32. The lowest BCUT2D eigenvalue weighted by molar-refractivity contribution is -0.124. The van der Waals surface area contributed by atoms with Crippen molar-refractivity contribution in [3.05, 3.63) is 0 Å². The monoisotopic (exact) mass is 196 g/mol. The number of nitrogens with one attached hydrogen (secondary N) is 2. The number of carbonyl (C=O) groups excluding carboxylic acids is 2. The molecule has 0 aliphatic carbocycles. The molecule has 0 spiro atoms. The molecule has 0 aromatic rings. The molecule has 0 bridgehead atoms. The summed E-state index contributed by atoms with van der Waals surface area (Å²) in [5.41, 5.74) is 0. The third-order valence-electron chi connectivity index (χ3n) is 1.56. The average Bonchev–Trinajstić information content (AvgIpc) is 2.14. The molecule has 0 saturated carbocycles. The van der Waals surface area contributed by atoms with Gasteiger partial charge >= 0.3 is 0 Å². The van der Waals surface area contributed by atoms with Crippen molar-refractivity contribution in [3.63, 3.8) is 0 Å². The average molecular weight is 196 g/mol. The van der Waals surface area contributed by atoms with Crippen molar-refractivity contribution >= 4 is 11.8 Å². The first-order valence-corrected chi connectivity index (χ1v) is 4.55. The van der Waals surface area contributed by atoms with Crippen LogP contribution in [0.3, 0.4) is 0 Å². The molecule has 0 unspecified atom stereocenters. The van der Waals surface area contributed by atoms with E-state index < -0.39 is 0 Å². The largest absolute Gasteiger partial charge is 0.355 e. The van der Waals surface area contributed by atoms with Gasteiger partial charge in [0, 0.05) is 18.9 Å². The maximum Gasteiger partial charge on any atom is 0.222 e. The predicted molar refractivity (Wildman–Crippen MR) is 54.3 cm³/mol. The molecule has 4 heteroatoms. The van der Waals surface area contributed by atoms with Crippen LogP contribution in [0.4, 0.5) is 0 Å². The zero-order chi connectivity index (χ0) is 11.0. The van der Waals surface area contributed by atoms with Crippen LogP contribution >= 0.6 is 0 Å². The summed E-state index contributed by atoms with van der Waals surface area (Å²) in [4.78, 5) is 22.1. The molecule has 2 N–H and O–H groups in total. The second-order valence-electron chi connectivity index (χ2n) is 3.18. The molecule has 0 fully saturated rings. The maximum absolute atomic E-state index is 11.1. The Morgan fingerprint density at radius 1 is 1.36 bits per heavy atom. The van der Waals surface area contributed by atoms with E-state index in [4.69, 9.17) is 6.42 Å². The molecule has 0 aliphatic rings. The van der Waals surface area contributed by atoms with Gasteiger partial charge in [-0.3, -0.25) is 9.59 Å². The van der Waals surface area contributed by atoms with Gasteiger partial charge in [-0.05, 0) is 0 Å². The third-order valence-corrected chi connectivity index (χ3v) is 1.56. The minimum atomic E-state index is -0.146. The lowest BCUT2D eigenvalue weighted by atomic mass is 10.2. The number of carbonyl (C=O) groups is 2. The molecule has 0 saturated heterocycles. The zero-order valence-corrected chi connectivity index (χ0v) is 8.59. The smallest absolute Gasteiger partial charge is 0.222 e. The molecule has 14 heavy (non-hydrogen) atoms. The summed E-state index contributed by atoms with van der Waals surface area (Å²) in [5.74, 6) is 2.05. The van der Waals surface area contributed by atoms with Crippen molar-refractivity contribution in [1.82, 2.24) is 10.6 Å². The van der Waals surface area contributed by atoms with Crippen LogP contribution in [0.5, 0.6) is 0 Å². The van der Waals surface area contributed by atoms with Crippen molar-refractivity contribution in [1.29, 1.82) is 0 Å². The number of hydrogen-bond acceptors (Lipinski definition) is 2. The summed E-state index contributed by atoms with van der Waals surface area (Å²) in [5, 5.41) is 5.15. The third kappa shape index (κ3) is 6.06. The van der Waals surface area contributed by atoms with Gasteiger partial charge < -0.3 is 10.6 Å². The normalized spacial score (nSPS) is 9.29. The molecule has 2 amide bonds. The highest BCUT2D eigenvalue weighted by Crippen LogP contribution is 1.90. The number of terminal acetylenes is 1. The summed E-state index contributed by atoms with van der Waals surface area (Å²) in [6.45, 7) is 4.19. The first-order chi connectivity index (χ1) is 6.57. The van der Waals surface area contributed by atoms with E-state index in [-0.39, 0.29) is 30.7 Å². The molecule has 0 aromatic carbocycles. The molecule has 0 aromatic heterocycles. The maximum atomic E-state index is 11.1. The van der Waals surface area contributed by atoms with Gasteiger partial charge in [-0.1, -0.05) is 19.8 Å². The van der Waals surface area contributed by atoms with Gasteiger partial charge in [-0.25, -0.2) is 0 Å². The first kappa shape index (κ1) is 12.5. The fourth-order valence-corrected chi connectivity index (χ4v) is 0.741. The number of hydrogen-bond donors (Lipinski definition) is 2. The second-order valence-corrected chi connectivity index (χ2v) is 3.18. The zero-order valence-electron chi connectivity index (χ0n) is 8.59. The Morgan fingerprint density at radius 2 is 2.00 bits per heavy atom. The van der Waals surface area contributed by atoms with Crippen molar-refractivity contribution < 1.29 is 9.59 Å². The Morgan fingerprint density at radius 3 is 2.50 bits per heavy atom. The summed E-state index contributed by atoms with van der Waals surface area (Å²) in [7, 11) is 0. The molecule has 0 heterocycles. The Labute approximate surface area is 84.4 Å². The summed E-state index contributed by atoms with van der Waals surface area (Å²) < 4.78 is 0. The topological polar surface area (TPSA) is 58.2 Å². The van der Waals surface area contributed by atoms with Crippen molar-refractivity contribution in [2.45, 2.75) is 20.3 Å². The van der Waals surface area contributed by atoms with E-state index in [1.54, 1.807) is 13.8 Å². The standard InChI is InChI=1S/C10H16N2O2/c1-4-6-11-9(13)5-7-12-10(14)8(2)3/h1,8H,5-7H2,2-3H3,(H,11,13)(H,12,14). The second kappa shape index (κ2) is 6.96. The minimum absolute atomic E-state index is 0.0465. The Bertz CT molecular complexity index is 241. The highest BCUT2D eigenvalue weighted by atomic mass is 16.2.